The van der Waals surface area contributed by atoms with Gasteiger partial charge in [0.15, 0.2) is 0 Å². The lowest BCUT2D eigenvalue weighted by Gasteiger charge is -2.03. The van der Waals surface area contributed by atoms with E-state index in [1.807, 2.05) is 26.1 Å². The van der Waals surface area contributed by atoms with Crippen molar-refractivity contribution in [3.63, 3.8) is 0 Å². The molecule has 2 heterocycles. The molecule has 5 nitrogen and oxygen atoms in total. The summed E-state index contributed by atoms with van der Waals surface area (Å²) in [5.41, 5.74) is 0.966. The largest absolute Gasteiger partial charge is 0.437 e. The predicted octanol–water partition coefficient (Wildman–Crippen LogP) is 1.95. The summed E-state index contributed by atoms with van der Waals surface area (Å²) >= 11 is 0. The summed E-state index contributed by atoms with van der Waals surface area (Å²) in [4.78, 5) is 4.09. The highest BCUT2D eigenvalue weighted by Gasteiger charge is 2.01. The average Bonchev–Trinajstić information content (AvgIpc) is 2.64. The standard InChI is InChI=1S/C10H12N4O/c1-7-5-10(14-13-7)15-8-3-4-12-9(6-8)11-2/h3-6H,1-2H3,(H,11,12)(H,13,14). The summed E-state index contributed by atoms with van der Waals surface area (Å²) < 4.78 is 5.52. The number of rotatable bonds is 3. The number of nitrogens with zero attached hydrogens (tertiary/aromatic N) is 2. The van der Waals surface area contributed by atoms with E-state index in [-0.39, 0.29) is 0 Å². The first-order valence-electron chi connectivity index (χ1n) is 4.61. The molecule has 78 valence electrons. The fraction of sp³-hybridized carbons (Fsp3) is 0.200. The lowest BCUT2D eigenvalue weighted by Crippen LogP contribution is -1.92. The van der Waals surface area contributed by atoms with E-state index >= 15 is 0 Å². The van der Waals surface area contributed by atoms with Crippen LogP contribution in [0.2, 0.25) is 0 Å². The van der Waals surface area contributed by atoms with Crippen molar-refractivity contribution < 1.29 is 4.74 Å². The number of hydrogen-bond acceptors (Lipinski definition) is 4. The zero-order chi connectivity index (χ0) is 10.7. The Kier molecular flexibility index (Phi) is 2.53. The summed E-state index contributed by atoms with van der Waals surface area (Å²) in [7, 11) is 1.81. The molecule has 0 spiro atoms. The Hall–Kier alpha value is -2.04. The lowest BCUT2D eigenvalue weighted by atomic mass is 10.4. The summed E-state index contributed by atoms with van der Waals surface area (Å²) in [5, 5.41) is 9.73. The number of H-pyrrole nitrogens is 1. The van der Waals surface area contributed by atoms with Crippen LogP contribution in [0, 0.1) is 6.92 Å². The minimum absolute atomic E-state index is 0.556. The van der Waals surface area contributed by atoms with E-state index in [1.54, 1.807) is 12.3 Å². The van der Waals surface area contributed by atoms with Crippen LogP contribution in [0.25, 0.3) is 0 Å². The SMILES string of the molecule is CNc1cc(Oc2cc(C)[nH]n2)ccn1. The highest BCUT2D eigenvalue weighted by molar-refractivity contribution is 5.41. The van der Waals surface area contributed by atoms with Crippen molar-refractivity contribution in [3.8, 4) is 11.6 Å². The van der Waals surface area contributed by atoms with E-state index in [9.17, 15) is 0 Å². The van der Waals surface area contributed by atoms with Crippen LogP contribution in [-0.2, 0) is 0 Å². The summed E-state index contributed by atoms with van der Waals surface area (Å²) in [6.45, 7) is 1.92. The quantitative estimate of drug-likeness (QED) is 0.802. The van der Waals surface area contributed by atoms with Crippen molar-refractivity contribution in [2.45, 2.75) is 6.92 Å². The van der Waals surface area contributed by atoms with Gasteiger partial charge in [0.05, 0.1) is 0 Å². The van der Waals surface area contributed by atoms with E-state index in [0.717, 1.165) is 11.5 Å². The van der Waals surface area contributed by atoms with Crippen molar-refractivity contribution in [1.29, 1.82) is 0 Å². The Balaban J connectivity index is 2.16. The molecule has 0 atom stereocenters. The van der Waals surface area contributed by atoms with Crippen molar-refractivity contribution in [2.24, 2.45) is 0 Å². The van der Waals surface area contributed by atoms with Crippen molar-refractivity contribution >= 4 is 5.82 Å². The van der Waals surface area contributed by atoms with E-state index in [2.05, 4.69) is 20.5 Å². The van der Waals surface area contributed by atoms with E-state index in [4.69, 9.17) is 4.74 Å². The number of anilines is 1. The Labute approximate surface area is 87.5 Å². The van der Waals surface area contributed by atoms with Gasteiger partial charge in [0.2, 0.25) is 5.88 Å². The second-order valence-corrected chi connectivity index (χ2v) is 3.12. The number of aryl methyl sites for hydroxylation is 1. The molecule has 5 heteroatoms. The summed E-state index contributed by atoms with van der Waals surface area (Å²) in [6, 6.07) is 5.42. The van der Waals surface area contributed by atoms with Crippen molar-refractivity contribution in [1.82, 2.24) is 15.2 Å². The number of nitrogens with one attached hydrogen (secondary N) is 2. The Morgan fingerprint density at radius 1 is 1.40 bits per heavy atom. The van der Waals surface area contributed by atoms with Crippen LogP contribution in [0.4, 0.5) is 5.82 Å². The highest BCUT2D eigenvalue weighted by atomic mass is 16.5. The molecule has 2 aromatic rings. The first-order valence-corrected chi connectivity index (χ1v) is 4.61. The third kappa shape index (κ3) is 2.25. The third-order valence-electron chi connectivity index (χ3n) is 1.89. The maximum absolute atomic E-state index is 5.52. The average molecular weight is 204 g/mol. The van der Waals surface area contributed by atoms with Crippen LogP contribution in [0.5, 0.6) is 11.6 Å². The number of hydrogen-bond donors (Lipinski definition) is 2. The molecule has 0 aliphatic heterocycles. The van der Waals surface area contributed by atoms with Crippen LogP contribution in [0.3, 0.4) is 0 Å². The van der Waals surface area contributed by atoms with E-state index in [0.29, 0.717) is 11.6 Å². The molecule has 0 bridgehead atoms. The molecule has 0 fully saturated rings. The number of ether oxygens (including phenoxy) is 1. The van der Waals surface area contributed by atoms with E-state index < -0.39 is 0 Å². The minimum atomic E-state index is 0.556. The van der Waals surface area contributed by atoms with E-state index in [1.165, 1.54) is 0 Å². The number of pyridine rings is 1. The molecule has 2 N–H and O–H groups in total. The second-order valence-electron chi connectivity index (χ2n) is 3.12. The first kappa shape index (κ1) is 9.51. The molecular weight excluding hydrogens is 192 g/mol. The molecule has 0 aliphatic carbocycles. The van der Waals surface area contributed by atoms with Crippen LogP contribution < -0.4 is 10.1 Å². The molecule has 0 aromatic carbocycles. The molecule has 0 aliphatic rings. The molecule has 2 aromatic heterocycles. The van der Waals surface area contributed by atoms with Gasteiger partial charge >= 0.3 is 0 Å². The highest BCUT2D eigenvalue weighted by Crippen LogP contribution is 2.20. The summed E-state index contributed by atoms with van der Waals surface area (Å²) in [6.07, 6.45) is 1.68. The number of aromatic nitrogens is 3. The van der Waals surface area contributed by atoms with Crippen LogP contribution >= 0.6 is 0 Å². The molecule has 2 rings (SSSR count). The third-order valence-corrected chi connectivity index (χ3v) is 1.89. The van der Waals surface area contributed by atoms with Gasteiger partial charge in [0, 0.05) is 31.1 Å². The fourth-order valence-corrected chi connectivity index (χ4v) is 1.18. The number of aromatic amines is 1. The van der Waals surface area contributed by atoms with Gasteiger partial charge in [-0.1, -0.05) is 0 Å². The fourth-order valence-electron chi connectivity index (χ4n) is 1.18. The lowest BCUT2D eigenvalue weighted by molar-refractivity contribution is 0.461. The second kappa shape index (κ2) is 4.00. The Morgan fingerprint density at radius 2 is 2.27 bits per heavy atom. The zero-order valence-electron chi connectivity index (χ0n) is 8.61. The van der Waals surface area contributed by atoms with Gasteiger partial charge in [0.1, 0.15) is 11.6 Å². The van der Waals surface area contributed by atoms with Gasteiger partial charge in [-0.2, -0.15) is 0 Å². The van der Waals surface area contributed by atoms with Crippen LogP contribution in [0.1, 0.15) is 5.69 Å². The predicted molar refractivity (Wildman–Crippen MR) is 57.2 cm³/mol. The molecule has 15 heavy (non-hydrogen) atoms. The van der Waals surface area contributed by atoms with Gasteiger partial charge in [-0.15, -0.1) is 5.10 Å². The summed E-state index contributed by atoms with van der Waals surface area (Å²) in [5.74, 6) is 2.03. The van der Waals surface area contributed by atoms with Crippen LogP contribution in [0.15, 0.2) is 24.4 Å². The zero-order valence-corrected chi connectivity index (χ0v) is 8.61. The molecule has 0 unspecified atom stereocenters. The molecular formula is C10H12N4O. The van der Waals surface area contributed by atoms with Gasteiger partial charge in [-0.05, 0) is 13.0 Å². The first-order chi connectivity index (χ1) is 7.28. The van der Waals surface area contributed by atoms with Crippen molar-refractivity contribution in [3.05, 3.63) is 30.1 Å². The Morgan fingerprint density at radius 3 is 2.93 bits per heavy atom. The van der Waals surface area contributed by atoms with Crippen LogP contribution in [-0.4, -0.2) is 22.2 Å². The normalized spacial score (nSPS) is 10.0. The van der Waals surface area contributed by atoms with Gasteiger partial charge in [0.25, 0.3) is 0 Å². The monoisotopic (exact) mass is 204 g/mol. The van der Waals surface area contributed by atoms with Gasteiger partial charge < -0.3 is 10.1 Å². The molecule has 0 saturated carbocycles. The topological polar surface area (TPSA) is 62.8 Å². The maximum Gasteiger partial charge on any atom is 0.238 e. The molecule has 0 saturated heterocycles. The minimum Gasteiger partial charge on any atom is -0.437 e. The molecule has 0 amide bonds. The Bertz CT molecular complexity index is 452. The maximum atomic E-state index is 5.52. The smallest absolute Gasteiger partial charge is 0.238 e. The van der Waals surface area contributed by atoms with Crippen molar-refractivity contribution in [2.75, 3.05) is 12.4 Å². The van der Waals surface area contributed by atoms with Gasteiger partial charge in [-0.3, -0.25) is 5.10 Å². The molecule has 0 radical (unpaired) electrons. The van der Waals surface area contributed by atoms with Gasteiger partial charge in [-0.25, -0.2) is 4.98 Å².